The maximum absolute atomic E-state index is 9.42. The first-order valence-electron chi connectivity index (χ1n) is 7.42. The van der Waals surface area contributed by atoms with Crippen LogP contribution >= 0.6 is 23.1 Å². The van der Waals surface area contributed by atoms with Crippen molar-refractivity contribution >= 4 is 28.1 Å². The third kappa shape index (κ3) is 3.56. The molecule has 0 unspecified atom stereocenters. The van der Waals surface area contributed by atoms with Crippen LogP contribution in [-0.2, 0) is 13.1 Å². The Kier molecular flexibility index (Phi) is 5.09. The van der Waals surface area contributed by atoms with E-state index in [1.54, 1.807) is 6.20 Å². The number of rotatable bonds is 5. The van der Waals surface area contributed by atoms with Gasteiger partial charge in [-0.3, -0.25) is 4.98 Å². The van der Waals surface area contributed by atoms with Crippen LogP contribution in [-0.4, -0.2) is 9.36 Å². The standard InChI is InChI=1S/C18H15ClN4S/c1-13-5-2-3-7-15(13)12-23(11-14-6-4-8-21-10-14)18-16(9-20)17(19)22-24-18/h2-8,10H,11-12H2,1H3. The predicted octanol–water partition coefficient (Wildman–Crippen LogP) is 4.58. The van der Waals surface area contributed by atoms with Gasteiger partial charge < -0.3 is 4.90 Å². The molecule has 0 saturated carbocycles. The van der Waals surface area contributed by atoms with Crippen LogP contribution in [0.15, 0.2) is 48.8 Å². The Balaban J connectivity index is 1.97. The summed E-state index contributed by atoms with van der Waals surface area (Å²) in [5.74, 6) is 0. The van der Waals surface area contributed by atoms with Gasteiger partial charge in [0.15, 0.2) is 5.15 Å². The fourth-order valence-corrected chi connectivity index (χ4v) is 3.50. The highest BCUT2D eigenvalue weighted by Crippen LogP contribution is 2.33. The maximum atomic E-state index is 9.42. The first kappa shape index (κ1) is 16.4. The van der Waals surface area contributed by atoms with Crippen molar-refractivity contribution in [3.8, 4) is 6.07 Å². The van der Waals surface area contributed by atoms with Crippen molar-refractivity contribution in [3.63, 3.8) is 0 Å². The third-order valence-corrected chi connectivity index (χ3v) is 5.03. The monoisotopic (exact) mass is 354 g/mol. The summed E-state index contributed by atoms with van der Waals surface area (Å²) in [6.07, 6.45) is 3.58. The molecule has 2 aromatic heterocycles. The summed E-state index contributed by atoms with van der Waals surface area (Å²) >= 11 is 7.32. The van der Waals surface area contributed by atoms with E-state index in [1.165, 1.54) is 22.7 Å². The van der Waals surface area contributed by atoms with Gasteiger partial charge in [-0.05, 0) is 41.2 Å². The van der Waals surface area contributed by atoms with E-state index >= 15 is 0 Å². The SMILES string of the molecule is Cc1ccccc1CN(Cc1cccnc1)c1snc(Cl)c1C#N. The molecular weight excluding hydrogens is 340 g/mol. The molecule has 0 amide bonds. The van der Waals surface area contributed by atoms with Crippen molar-refractivity contribution in [2.45, 2.75) is 20.0 Å². The molecule has 0 aliphatic carbocycles. The predicted molar refractivity (Wildman–Crippen MR) is 97.1 cm³/mol. The van der Waals surface area contributed by atoms with Gasteiger partial charge in [-0.15, -0.1) is 0 Å². The van der Waals surface area contributed by atoms with Crippen molar-refractivity contribution in [2.75, 3.05) is 4.90 Å². The number of hydrogen-bond acceptors (Lipinski definition) is 5. The summed E-state index contributed by atoms with van der Waals surface area (Å²) in [4.78, 5) is 6.30. The zero-order chi connectivity index (χ0) is 16.9. The summed E-state index contributed by atoms with van der Waals surface area (Å²) in [6, 6.07) is 14.3. The van der Waals surface area contributed by atoms with Crippen LogP contribution in [0, 0.1) is 18.3 Å². The van der Waals surface area contributed by atoms with E-state index in [0.29, 0.717) is 18.7 Å². The number of benzene rings is 1. The Morgan fingerprint density at radius 3 is 2.75 bits per heavy atom. The van der Waals surface area contributed by atoms with Crippen LogP contribution in [0.3, 0.4) is 0 Å². The second kappa shape index (κ2) is 7.43. The lowest BCUT2D eigenvalue weighted by atomic mass is 10.1. The smallest absolute Gasteiger partial charge is 0.162 e. The molecule has 0 atom stereocenters. The van der Waals surface area contributed by atoms with Gasteiger partial charge in [0.1, 0.15) is 16.6 Å². The lowest BCUT2D eigenvalue weighted by Crippen LogP contribution is -2.22. The Bertz CT molecular complexity index is 870. The first-order valence-corrected chi connectivity index (χ1v) is 8.58. The molecule has 24 heavy (non-hydrogen) atoms. The minimum Gasteiger partial charge on any atom is -0.352 e. The summed E-state index contributed by atoms with van der Waals surface area (Å²) in [6.45, 7) is 3.40. The van der Waals surface area contributed by atoms with Crippen LogP contribution in [0.2, 0.25) is 5.15 Å². The molecule has 0 saturated heterocycles. The number of nitrogens with zero attached hydrogens (tertiary/aromatic N) is 4. The van der Waals surface area contributed by atoms with Crippen LogP contribution in [0.25, 0.3) is 0 Å². The van der Waals surface area contributed by atoms with Crippen molar-refractivity contribution < 1.29 is 0 Å². The summed E-state index contributed by atoms with van der Waals surface area (Å²) in [5, 5.41) is 10.5. The van der Waals surface area contributed by atoms with Gasteiger partial charge >= 0.3 is 0 Å². The van der Waals surface area contributed by atoms with E-state index in [4.69, 9.17) is 11.6 Å². The molecule has 1 aromatic carbocycles. The fraction of sp³-hybridized carbons (Fsp3) is 0.167. The van der Waals surface area contributed by atoms with Gasteiger partial charge in [0.2, 0.25) is 0 Å². The zero-order valence-corrected chi connectivity index (χ0v) is 14.7. The van der Waals surface area contributed by atoms with Crippen LogP contribution in [0.5, 0.6) is 0 Å². The van der Waals surface area contributed by atoms with E-state index < -0.39 is 0 Å². The largest absolute Gasteiger partial charge is 0.352 e. The molecule has 2 heterocycles. The summed E-state index contributed by atoms with van der Waals surface area (Å²) in [5.41, 5.74) is 3.91. The molecule has 0 aliphatic rings. The van der Waals surface area contributed by atoms with E-state index in [2.05, 4.69) is 39.4 Å². The second-order valence-electron chi connectivity index (χ2n) is 5.41. The van der Waals surface area contributed by atoms with Gasteiger partial charge in [-0.25, -0.2) is 0 Å². The van der Waals surface area contributed by atoms with Gasteiger partial charge in [-0.1, -0.05) is 41.9 Å². The van der Waals surface area contributed by atoms with E-state index in [0.717, 1.165) is 10.6 Å². The minimum absolute atomic E-state index is 0.262. The van der Waals surface area contributed by atoms with Crippen LogP contribution in [0.4, 0.5) is 5.00 Å². The highest BCUT2D eigenvalue weighted by molar-refractivity contribution is 7.10. The number of hydrogen-bond donors (Lipinski definition) is 0. The molecule has 120 valence electrons. The third-order valence-electron chi connectivity index (χ3n) is 3.75. The average molecular weight is 355 g/mol. The lowest BCUT2D eigenvalue weighted by Gasteiger charge is -2.24. The molecule has 3 rings (SSSR count). The lowest BCUT2D eigenvalue weighted by molar-refractivity contribution is 0.800. The Labute approximate surface area is 150 Å². The van der Waals surface area contributed by atoms with Crippen molar-refractivity contribution in [1.29, 1.82) is 5.26 Å². The van der Waals surface area contributed by atoms with Crippen molar-refractivity contribution in [1.82, 2.24) is 9.36 Å². The zero-order valence-electron chi connectivity index (χ0n) is 13.1. The molecule has 0 spiro atoms. The summed E-state index contributed by atoms with van der Waals surface area (Å²) in [7, 11) is 0. The highest BCUT2D eigenvalue weighted by atomic mass is 35.5. The van der Waals surface area contributed by atoms with Crippen LogP contribution in [0.1, 0.15) is 22.3 Å². The maximum Gasteiger partial charge on any atom is 0.162 e. The van der Waals surface area contributed by atoms with Crippen molar-refractivity contribution in [3.05, 3.63) is 76.2 Å². The molecule has 0 fully saturated rings. The Morgan fingerprint density at radius 2 is 2.04 bits per heavy atom. The van der Waals surface area contributed by atoms with Gasteiger partial charge in [0.25, 0.3) is 0 Å². The number of anilines is 1. The van der Waals surface area contributed by atoms with Gasteiger partial charge in [-0.2, -0.15) is 9.64 Å². The molecule has 0 radical (unpaired) electrons. The number of nitriles is 1. The highest BCUT2D eigenvalue weighted by Gasteiger charge is 2.19. The Morgan fingerprint density at radius 1 is 1.21 bits per heavy atom. The normalized spacial score (nSPS) is 10.4. The van der Waals surface area contributed by atoms with Crippen LogP contribution < -0.4 is 4.90 Å². The Hall–Kier alpha value is -2.42. The molecule has 0 aliphatic heterocycles. The minimum atomic E-state index is 0.262. The van der Waals surface area contributed by atoms with E-state index in [1.807, 2.05) is 30.5 Å². The molecule has 4 nitrogen and oxygen atoms in total. The molecule has 0 N–H and O–H groups in total. The number of aryl methyl sites for hydroxylation is 1. The number of halogens is 1. The fourth-order valence-electron chi connectivity index (χ4n) is 2.48. The van der Waals surface area contributed by atoms with Gasteiger partial charge in [0, 0.05) is 25.5 Å². The first-order chi connectivity index (χ1) is 11.7. The molecule has 0 bridgehead atoms. The average Bonchev–Trinajstić information content (AvgIpc) is 2.98. The van der Waals surface area contributed by atoms with E-state index in [-0.39, 0.29) is 5.15 Å². The molecule has 6 heteroatoms. The van der Waals surface area contributed by atoms with Gasteiger partial charge in [0.05, 0.1) is 0 Å². The quantitative estimate of drug-likeness (QED) is 0.673. The number of pyridine rings is 1. The second-order valence-corrected chi connectivity index (χ2v) is 6.52. The number of aromatic nitrogens is 2. The van der Waals surface area contributed by atoms with Crippen molar-refractivity contribution in [2.24, 2.45) is 0 Å². The molecule has 3 aromatic rings. The topological polar surface area (TPSA) is 52.8 Å². The van der Waals surface area contributed by atoms with E-state index in [9.17, 15) is 5.26 Å². The molecular formula is C18H15ClN4S. The summed E-state index contributed by atoms with van der Waals surface area (Å²) < 4.78 is 4.14.